The number of nitrogens with one attached hydrogen (secondary N) is 1. The average Bonchev–Trinajstić information content (AvgIpc) is 3.03. The highest BCUT2D eigenvalue weighted by Gasteiger charge is 2.29. The van der Waals surface area contributed by atoms with E-state index in [4.69, 9.17) is 27.9 Å². The van der Waals surface area contributed by atoms with E-state index in [1.807, 2.05) is 6.07 Å². The molecule has 2 heterocycles. The Morgan fingerprint density at radius 1 is 1.00 bits per heavy atom. The molecule has 0 fully saturated rings. The number of ether oxygens (including phenoxy) is 1. The summed E-state index contributed by atoms with van der Waals surface area (Å²) in [6.07, 6.45) is 6.71. The van der Waals surface area contributed by atoms with Gasteiger partial charge < -0.3 is 14.6 Å². The average molecular weight is 471 g/mol. The first-order valence-corrected chi connectivity index (χ1v) is 12.7. The number of hydrogen-bond acceptors (Lipinski definition) is 2. The van der Waals surface area contributed by atoms with Crippen molar-refractivity contribution >= 4 is 34.1 Å². The van der Waals surface area contributed by atoms with E-state index in [0.717, 1.165) is 56.5 Å². The Labute approximate surface area is 201 Å². The minimum absolute atomic E-state index is 0.226. The van der Waals surface area contributed by atoms with Crippen LogP contribution in [0.4, 0.5) is 0 Å². The third-order valence-corrected chi connectivity index (χ3v) is 8.13. The summed E-state index contributed by atoms with van der Waals surface area (Å²) < 4.78 is 8.86. The molecule has 0 amide bonds. The van der Waals surface area contributed by atoms with Gasteiger partial charge in [0.05, 0.1) is 22.1 Å². The Hall–Kier alpha value is -1.68. The minimum Gasteiger partial charge on any atom is -0.491 e. The standard InChI is InChI=1S/C27H32Cl2N2O/c1-27(2)13-4-6-18-20(27)7-3-9-24(18)32-17-16-31-22-8-5-14-30-15-12-19(22)25-23(31)11-10-21(28)26(25)29/h3,7,9-11,30H,4-6,8,12-17H2,1-2H3. The van der Waals surface area contributed by atoms with Gasteiger partial charge in [-0.05, 0) is 91.9 Å². The lowest BCUT2D eigenvalue weighted by Gasteiger charge is -2.33. The van der Waals surface area contributed by atoms with E-state index in [1.165, 1.54) is 40.7 Å². The highest BCUT2D eigenvalue weighted by Crippen LogP contribution is 2.41. The van der Waals surface area contributed by atoms with E-state index < -0.39 is 0 Å². The highest BCUT2D eigenvalue weighted by molar-refractivity contribution is 6.45. The first kappa shape index (κ1) is 22.1. The summed E-state index contributed by atoms with van der Waals surface area (Å²) in [7, 11) is 0. The molecule has 0 spiro atoms. The van der Waals surface area contributed by atoms with Crippen LogP contribution in [-0.2, 0) is 31.2 Å². The molecule has 0 saturated carbocycles. The normalized spacial score (nSPS) is 18.0. The molecule has 0 saturated heterocycles. The SMILES string of the molecule is CC1(C)CCCc2c(OCCn3c4c(c5c(Cl)c(Cl)ccc53)CCNCCC4)cccc21. The summed E-state index contributed by atoms with van der Waals surface area (Å²) in [5, 5.41) is 5.96. The molecule has 5 rings (SSSR count). The van der Waals surface area contributed by atoms with Crippen LogP contribution in [-0.4, -0.2) is 24.3 Å². The third-order valence-electron chi connectivity index (χ3n) is 7.32. The van der Waals surface area contributed by atoms with Crippen molar-refractivity contribution in [3.05, 3.63) is 62.8 Å². The zero-order chi connectivity index (χ0) is 22.3. The smallest absolute Gasteiger partial charge is 0.122 e. The van der Waals surface area contributed by atoms with E-state index in [-0.39, 0.29) is 5.41 Å². The fourth-order valence-electron chi connectivity index (χ4n) is 5.72. The fourth-order valence-corrected chi connectivity index (χ4v) is 6.15. The number of benzene rings is 2. The molecule has 0 radical (unpaired) electrons. The third kappa shape index (κ3) is 3.93. The molecule has 1 N–H and O–H groups in total. The van der Waals surface area contributed by atoms with E-state index in [1.54, 1.807) is 0 Å². The van der Waals surface area contributed by atoms with Gasteiger partial charge in [0.25, 0.3) is 0 Å². The summed E-state index contributed by atoms with van der Waals surface area (Å²) in [6.45, 7) is 8.18. The van der Waals surface area contributed by atoms with E-state index in [2.05, 4.69) is 48.0 Å². The van der Waals surface area contributed by atoms with Gasteiger partial charge in [0.15, 0.2) is 0 Å². The topological polar surface area (TPSA) is 26.2 Å². The van der Waals surface area contributed by atoms with Crippen LogP contribution < -0.4 is 10.1 Å². The van der Waals surface area contributed by atoms with Gasteiger partial charge in [0.2, 0.25) is 0 Å². The monoisotopic (exact) mass is 470 g/mol. The number of fused-ring (bicyclic) bond motifs is 4. The zero-order valence-electron chi connectivity index (χ0n) is 19.1. The van der Waals surface area contributed by atoms with Crippen molar-refractivity contribution in [2.75, 3.05) is 19.7 Å². The Morgan fingerprint density at radius 2 is 1.88 bits per heavy atom. The summed E-state index contributed by atoms with van der Waals surface area (Å²) >= 11 is 13.1. The maximum absolute atomic E-state index is 6.71. The van der Waals surface area contributed by atoms with Crippen LogP contribution in [0.2, 0.25) is 10.0 Å². The molecule has 1 aliphatic carbocycles. The maximum Gasteiger partial charge on any atom is 0.122 e. The van der Waals surface area contributed by atoms with Crippen LogP contribution in [0.3, 0.4) is 0 Å². The quantitative estimate of drug-likeness (QED) is 0.457. The van der Waals surface area contributed by atoms with Crippen molar-refractivity contribution in [1.29, 1.82) is 0 Å². The first-order valence-electron chi connectivity index (χ1n) is 11.9. The maximum atomic E-state index is 6.71. The number of rotatable bonds is 4. The molecule has 32 heavy (non-hydrogen) atoms. The van der Waals surface area contributed by atoms with Crippen molar-refractivity contribution in [2.24, 2.45) is 0 Å². The molecule has 2 aliphatic rings. The summed E-state index contributed by atoms with van der Waals surface area (Å²) in [5.41, 5.74) is 6.99. The number of aromatic nitrogens is 1. The Bertz CT molecular complexity index is 1150. The van der Waals surface area contributed by atoms with Gasteiger partial charge >= 0.3 is 0 Å². The van der Waals surface area contributed by atoms with Gasteiger partial charge in [-0.25, -0.2) is 0 Å². The van der Waals surface area contributed by atoms with Crippen LogP contribution in [0, 0.1) is 0 Å². The minimum atomic E-state index is 0.226. The largest absolute Gasteiger partial charge is 0.491 e. The lowest BCUT2D eigenvalue weighted by Crippen LogP contribution is -2.24. The predicted octanol–water partition coefficient (Wildman–Crippen LogP) is 6.72. The van der Waals surface area contributed by atoms with Crippen molar-refractivity contribution in [3.63, 3.8) is 0 Å². The highest BCUT2D eigenvalue weighted by atomic mass is 35.5. The van der Waals surface area contributed by atoms with Gasteiger partial charge in [0, 0.05) is 11.1 Å². The summed E-state index contributed by atoms with van der Waals surface area (Å²) in [4.78, 5) is 0. The summed E-state index contributed by atoms with van der Waals surface area (Å²) in [6, 6.07) is 10.6. The number of halogens is 2. The molecule has 0 atom stereocenters. The lowest BCUT2D eigenvalue weighted by atomic mass is 9.72. The van der Waals surface area contributed by atoms with E-state index >= 15 is 0 Å². The van der Waals surface area contributed by atoms with Crippen LogP contribution in [0.1, 0.15) is 55.5 Å². The second-order valence-corrected chi connectivity index (χ2v) is 10.6. The van der Waals surface area contributed by atoms with Crippen molar-refractivity contribution in [3.8, 4) is 5.75 Å². The fraction of sp³-hybridized carbons (Fsp3) is 0.481. The number of hydrogen-bond donors (Lipinski definition) is 1. The molecular weight excluding hydrogens is 439 g/mol. The Morgan fingerprint density at radius 3 is 2.75 bits per heavy atom. The van der Waals surface area contributed by atoms with Gasteiger partial charge in [-0.15, -0.1) is 0 Å². The number of nitrogens with zero attached hydrogens (tertiary/aromatic N) is 1. The molecule has 1 aromatic heterocycles. The van der Waals surface area contributed by atoms with Crippen LogP contribution in [0.25, 0.3) is 10.9 Å². The van der Waals surface area contributed by atoms with Crippen LogP contribution >= 0.6 is 23.2 Å². The molecule has 2 aromatic carbocycles. The molecule has 0 unspecified atom stereocenters. The molecule has 170 valence electrons. The molecule has 0 bridgehead atoms. The lowest BCUT2D eigenvalue weighted by molar-refractivity contribution is 0.291. The van der Waals surface area contributed by atoms with Crippen LogP contribution in [0.5, 0.6) is 5.75 Å². The Balaban J connectivity index is 1.46. The van der Waals surface area contributed by atoms with Gasteiger partial charge in [0.1, 0.15) is 12.4 Å². The predicted molar refractivity (Wildman–Crippen MR) is 135 cm³/mol. The molecular formula is C27H32Cl2N2O. The molecule has 3 aromatic rings. The zero-order valence-corrected chi connectivity index (χ0v) is 20.6. The molecule has 5 heteroatoms. The first-order chi connectivity index (χ1) is 15.5. The second kappa shape index (κ2) is 8.93. The summed E-state index contributed by atoms with van der Waals surface area (Å²) in [5.74, 6) is 1.06. The van der Waals surface area contributed by atoms with Crippen molar-refractivity contribution in [2.45, 2.75) is 64.3 Å². The Kier molecular flexibility index (Phi) is 6.17. The molecule has 1 aliphatic heterocycles. The van der Waals surface area contributed by atoms with Gasteiger partial charge in [-0.2, -0.15) is 0 Å². The van der Waals surface area contributed by atoms with E-state index in [0.29, 0.717) is 16.7 Å². The van der Waals surface area contributed by atoms with Crippen molar-refractivity contribution < 1.29 is 4.74 Å². The van der Waals surface area contributed by atoms with Gasteiger partial charge in [-0.1, -0.05) is 49.2 Å². The van der Waals surface area contributed by atoms with Crippen LogP contribution in [0.15, 0.2) is 30.3 Å². The van der Waals surface area contributed by atoms with E-state index in [9.17, 15) is 0 Å². The second-order valence-electron chi connectivity index (χ2n) is 9.80. The van der Waals surface area contributed by atoms with Crippen molar-refractivity contribution in [1.82, 2.24) is 9.88 Å². The van der Waals surface area contributed by atoms with Gasteiger partial charge in [-0.3, -0.25) is 0 Å². The molecule has 3 nitrogen and oxygen atoms in total.